The van der Waals surface area contributed by atoms with E-state index in [0.717, 1.165) is 0 Å². The molecule has 2 nitrogen and oxygen atoms in total. The van der Waals surface area contributed by atoms with E-state index in [-0.39, 0.29) is 0 Å². The number of nitrogens with zero attached hydrogens (tertiary/aromatic N) is 2. The Morgan fingerprint density at radius 3 is 1.02 bits per heavy atom. The molecule has 0 spiro atoms. The van der Waals surface area contributed by atoms with Gasteiger partial charge in [0.2, 0.25) is 0 Å². The molecule has 0 N–H and O–H groups in total. The third-order valence-electron chi connectivity index (χ3n) is 9.14. The van der Waals surface area contributed by atoms with Crippen LogP contribution in [0.25, 0.3) is 42.8 Å². The lowest BCUT2D eigenvalue weighted by Crippen LogP contribution is -2.17. The average Bonchev–Trinajstić information content (AvgIpc) is 3.90. The van der Waals surface area contributed by atoms with Crippen LogP contribution in [0.4, 0.5) is 22.7 Å². The predicted octanol–water partition coefficient (Wildman–Crippen LogP) is 12.5. The van der Waals surface area contributed by atoms with E-state index in [1.165, 1.54) is 85.4 Å². The molecule has 0 atom stereocenters. The Labute approximate surface area is 287 Å². The molecule has 226 valence electrons. The van der Waals surface area contributed by atoms with Crippen LogP contribution in [-0.2, 0) is 0 Å². The van der Waals surface area contributed by atoms with Crippen molar-refractivity contribution in [2.45, 2.75) is 0 Å². The van der Waals surface area contributed by atoms with E-state index in [1.807, 2.05) is 34.0 Å². The summed E-state index contributed by atoms with van der Waals surface area (Å²) in [6.07, 6.45) is 4.73. The summed E-state index contributed by atoms with van der Waals surface area (Å²) in [5, 5.41) is 0. The molecule has 5 heteroatoms. The van der Waals surface area contributed by atoms with Gasteiger partial charge < -0.3 is 9.80 Å². The minimum atomic E-state index is 1.24. The first-order valence-corrected chi connectivity index (χ1v) is 18.2. The number of benzene rings is 4. The first-order chi connectivity index (χ1) is 23.1. The number of hydrogen-bond acceptors (Lipinski definition) is 5. The molecule has 0 saturated heterocycles. The Kier molecular flexibility index (Phi) is 6.86. The predicted molar refractivity (Wildman–Crippen MR) is 207 cm³/mol. The van der Waals surface area contributed by atoms with E-state index in [9.17, 15) is 0 Å². The lowest BCUT2D eigenvalue weighted by Gasteiger charge is -2.31. The molecule has 9 rings (SSSR count). The third kappa shape index (κ3) is 4.82. The lowest BCUT2D eigenvalue weighted by atomic mass is 9.90. The molecule has 2 aliphatic heterocycles. The van der Waals surface area contributed by atoms with Gasteiger partial charge in [-0.15, -0.1) is 34.0 Å². The van der Waals surface area contributed by atoms with Crippen molar-refractivity contribution in [1.29, 1.82) is 0 Å². The topological polar surface area (TPSA) is 6.48 Å². The van der Waals surface area contributed by atoms with Crippen LogP contribution in [0.15, 0.2) is 133 Å². The monoisotopic (exact) mass is 658 g/mol. The molecule has 0 radical (unpaired) electrons. The number of rotatable bonds is 4. The summed E-state index contributed by atoms with van der Waals surface area (Å²) in [5.74, 6) is 0. The van der Waals surface area contributed by atoms with Gasteiger partial charge >= 0.3 is 0 Å². The van der Waals surface area contributed by atoms with E-state index >= 15 is 0 Å². The second kappa shape index (κ2) is 11.4. The molecular weight excluding hydrogens is 629 g/mol. The molecule has 0 aliphatic carbocycles. The van der Waals surface area contributed by atoms with Gasteiger partial charge in [-0.3, -0.25) is 0 Å². The highest BCUT2D eigenvalue weighted by Gasteiger charge is 2.25. The molecule has 7 aromatic rings. The van der Waals surface area contributed by atoms with E-state index < -0.39 is 0 Å². The van der Waals surface area contributed by atoms with Crippen molar-refractivity contribution in [1.82, 2.24) is 0 Å². The molecule has 0 saturated carbocycles. The summed E-state index contributed by atoms with van der Waals surface area (Å²) in [7, 11) is 4.32. The van der Waals surface area contributed by atoms with Crippen LogP contribution in [0, 0.1) is 0 Å². The zero-order valence-electron chi connectivity index (χ0n) is 26.0. The van der Waals surface area contributed by atoms with Crippen LogP contribution >= 0.6 is 34.0 Å². The SMILES string of the molecule is CN1c2ccccc2C(=Cc2ccc(-c3ccc(-c4ccc(C=C5c6ccccc6N(C)c6ccccc65)s4)s3)s2)c2ccccc21. The van der Waals surface area contributed by atoms with Gasteiger partial charge in [0, 0.05) is 88.4 Å². The summed E-state index contributed by atoms with van der Waals surface area (Å²) in [6, 6.07) is 48.5. The first kappa shape index (κ1) is 28.3. The molecule has 4 aromatic carbocycles. The molecule has 0 fully saturated rings. The van der Waals surface area contributed by atoms with Crippen molar-refractivity contribution >= 4 is 80.1 Å². The molecule has 5 heterocycles. The van der Waals surface area contributed by atoms with E-state index in [0.29, 0.717) is 0 Å². The normalized spacial score (nSPS) is 13.1. The lowest BCUT2D eigenvalue weighted by molar-refractivity contribution is 1.17. The third-order valence-corrected chi connectivity index (χ3v) is 12.7. The van der Waals surface area contributed by atoms with Gasteiger partial charge in [-0.2, -0.15) is 0 Å². The zero-order valence-corrected chi connectivity index (χ0v) is 28.4. The highest BCUT2D eigenvalue weighted by molar-refractivity contribution is 7.26. The summed E-state index contributed by atoms with van der Waals surface area (Å²) >= 11 is 5.61. The molecular formula is C42H30N2S3. The fourth-order valence-electron chi connectivity index (χ4n) is 6.85. The van der Waals surface area contributed by atoms with E-state index in [1.54, 1.807) is 0 Å². The summed E-state index contributed by atoms with van der Waals surface area (Å²) in [4.78, 5) is 12.4. The first-order valence-electron chi connectivity index (χ1n) is 15.7. The van der Waals surface area contributed by atoms with Gasteiger partial charge in [-0.25, -0.2) is 0 Å². The Morgan fingerprint density at radius 1 is 0.362 bits per heavy atom. The smallest absolute Gasteiger partial charge is 0.0488 e. The summed E-state index contributed by atoms with van der Waals surface area (Å²) in [6.45, 7) is 0. The van der Waals surface area contributed by atoms with Crippen LogP contribution in [0.2, 0.25) is 0 Å². The van der Waals surface area contributed by atoms with Crippen LogP contribution < -0.4 is 9.80 Å². The van der Waals surface area contributed by atoms with Gasteiger partial charge in [-0.05, 0) is 84.0 Å². The maximum Gasteiger partial charge on any atom is 0.0488 e. The standard InChI is InChI=1S/C42H30N2S3/c1-43-35-15-7-3-11-29(35)33(30-12-4-8-16-36(30)43)25-27-19-21-39(45-27)41-23-24-42(47-41)40-22-20-28(46-40)26-34-31-13-5-9-17-37(31)44(2)38-18-10-6-14-32(34)38/h3-26H,1-2H3. The van der Waals surface area contributed by atoms with Crippen molar-refractivity contribution in [3.63, 3.8) is 0 Å². The largest absolute Gasteiger partial charge is 0.344 e. The van der Waals surface area contributed by atoms with E-state index in [4.69, 9.17) is 0 Å². The number of hydrogen-bond donors (Lipinski definition) is 0. The molecule has 3 aromatic heterocycles. The minimum Gasteiger partial charge on any atom is -0.344 e. The van der Waals surface area contributed by atoms with Gasteiger partial charge in [0.25, 0.3) is 0 Å². The summed E-state index contributed by atoms with van der Waals surface area (Å²) in [5.41, 5.74) is 12.6. The Morgan fingerprint density at radius 2 is 0.660 bits per heavy atom. The minimum absolute atomic E-state index is 1.24. The second-order valence-electron chi connectivity index (χ2n) is 11.9. The number of fused-ring (bicyclic) bond motifs is 4. The Balaban J connectivity index is 1.02. The fourth-order valence-corrected chi connectivity index (χ4v) is 9.94. The fraction of sp³-hybridized carbons (Fsp3) is 0.0476. The van der Waals surface area contributed by atoms with E-state index in [2.05, 4.69) is 170 Å². The van der Waals surface area contributed by atoms with Crippen molar-refractivity contribution < 1.29 is 0 Å². The summed E-state index contributed by atoms with van der Waals surface area (Å²) < 4.78 is 0. The van der Waals surface area contributed by atoms with Crippen LogP contribution in [0.5, 0.6) is 0 Å². The van der Waals surface area contributed by atoms with Crippen molar-refractivity contribution in [3.05, 3.63) is 165 Å². The van der Waals surface area contributed by atoms with Gasteiger partial charge in [0.05, 0.1) is 0 Å². The molecule has 0 amide bonds. The number of anilines is 4. The molecule has 2 aliphatic rings. The Hall–Kier alpha value is -4.94. The van der Waals surface area contributed by atoms with Crippen LogP contribution in [-0.4, -0.2) is 14.1 Å². The number of para-hydroxylation sites is 4. The average molecular weight is 659 g/mol. The second-order valence-corrected chi connectivity index (χ2v) is 15.2. The van der Waals surface area contributed by atoms with Gasteiger partial charge in [-0.1, -0.05) is 72.8 Å². The van der Waals surface area contributed by atoms with Crippen LogP contribution in [0.3, 0.4) is 0 Å². The molecule has 0 unspecified atom stereocenters. The quantitative estimate of drug-likeness (QED) is 0.186. The van der Waals surface area contributed by atoms with Crippen molar-refractivity contribution in [2.24, 2.45) is 0 Å². The molecule has 0 bridgehead atoms. The maximum atomic E-state index is 2.37. The maximum absolute atomic E-state index is 2.37. The van der Waals surface area contributed by atoms with Crippen molar-refractivity contribution in [3.8, 4) is 19.5 Å². The zero-order chi connectivity index (χ0) is 31.5. The highest BCUT2D eigenvalue weighted by Crippen LogP contribution is 2.48. The highest BCUT2D eigenvalue weighted by atomic mass is 32.1. The van der Waals surface area contributed by atoms with Gasteiger partial charge in [0.15, 0.2) is 0 Å². The number of thiophene rings is 3. The Bertz CT molecular complexity index is 2100. The van der Waals surface area contributed by atoms with Crippen LogP contribution in [0.1, 0.15) is 32.0 Å². The van der Waals surface area contributed by atoms with Gasteiger partial charge in [0.1, 0.15) is 0 Å². The van der Waals surface area contributed by atoms with Crippen molar-refractivity contribution in [2.75, 3.05) is 23.9 Å². The molecule has 47 heavy (non-hydrogen) atoms.